The summed E-state index contributed by atoms with van der Waals surface area (Å²) in [5, 5.41) is 80.4. The second-order valence-electron chi connectivity index (χ2n) is 18.0. The predicted octanol–water partition coefficient (Wildman–Crippen LogP) is 0.831. The van der Waals surface area contributed by atoms with E-state index in [9.17, 15) is 40.9 Å². The Morgan fingerprint density at radius 1 is 0.667 bits per heavy atom. The van der Waals surface area contributed by atoms with Gasteiger partial charge in [0.15, 0.2) is 12.6 Å². The molecule has 3 aliphatic heterocycles. The lowest BCUT2D eigenvalue weighted by Crippen LogP contribution is -2.60. The standard InChI is InChI=1S/C38H64O13/c1-18(17-47-35-33(45)31(43)29(41)27(15-39)50-35)4-6-20-13-25-26(48-20)14-24-22-7-5-19-12-21(8-10-37(19,2)23(22)9-11-38(24,25)3)49-36-34(46)32(44)30(42)28(16-40)51-36/h18-36,39-46H,4-17H2,1-3H3/t18-,19?,20?,21?,22?,23?,24?,25?,26?,27?,28?,29-,30-,31?,32?,33?,34?,35+,36+,37?,38?/m0/s1. The van der Waals surface area contributed by atoms with E-state index < -0.39 is 74.6 Å². The largest absolute Gasteiger partial charge is 0.394 e. The normalized spacial score (nSPS) is 54.6. The van der Waals surface area contributed by atoms with Crippen LogP contribution in [0.1, 0.15) is 91.4 Å². The van der Waals surface area contributed by atoms with Crippen LogP contribution in [0.4, 0.5) is 0 Å². The third-order valence-electron chi connectivity index (χ3n) is 15.3. The summed E-state index contributed by atoms with van der Waals surface area (Å²) in [4.78, 5) is 0. The number of rotatable bonds is 10. The molecule has 7 fully saturated rings. The smallest absolute Gasteiger partial charge is 0.186 e. The zero-order valence-electron chi connectivity index (χ0n) is 30.5. The maximum atomic E-state index is 10.6. The van der Waals surface area contributed by atoms with Crippen LogP contribution < -0.4 is 0 Å². The molecule has 294 valence electrons. The van der Waals surface area contributed by atoms with Crippen molar-refractivity contribution < 1.29 is 64.5 Å². The molecule has 4 saturated carbocycles. The number of aliphatic hydroxyl groups excluding tert-OH is 8. The highest BCUT2D eigenvalue weighted by molar-refractivity contribution is 5.13. The Morgan fingerprint density at radius 3 is 2.00 bits per heavy atom. The van der Waals surface area contributed by atoms with E-state index in [4.69, 9.17) is 23.7 Å². The molecule has 21 atom stereocenters. The zero-order valence-corrected chi connectivity index (χ0v) is 30.5. The minimum absolute atomic E-state index is 0.104. The van der Waals surface area contributed by atoms with E-state index in [1.165, 1.54) is 19.3 Å². The van der Waals surface area contributed by atoms with E-state index >= 15 is 0 Å². The molecule has 0 aromatic carbocycles. The average Bonchev–Trinajstić information content (AvgIpc) is 3.66. The Labute approximate surface area is 301 Å². The van der Waals surface area contributed by atoms with Gasteiger partial charge in [-0.3, -0.25) is 0 Å². The monoisotopic (exact) mass is 728 g/mol. The van der Waals surface area contributed by atoms with Crippen molar-refractivity contribution in [3.8, 4) is 0 Å². The van der Waals surface area contributed by atoms with Crippen LogP contribution in [0.15, 0.2) is 0 Å². The van der Waals surface area contributed by atoms with E-state index in [1.54, 1.807) is 0 Å². The van der Waals surface area contributed by atoms with Crippen molar-refractivity contribution in [3.05, 3.63) is 0 Å². The summed E-state index contributed by atoms with van der Waals surface area (Å²) in [6.45, 7) is 6.52. The third kappa shape index (κ3) is 6.97. The molecule has 7 rings (SSSR count). The van der Waals surface area contributed by atoms with Gasteiger partial charge in [0.1, 0.15) is 48.8 Å². The minimum Gasteiger partial charge on any atom is -0.394 e. The Kier molecular flexibility index (Phi) is 11.5. The number of ether oxygens (including phenoxy) is 5. The van der Waals surface area contributed by atoms with Crippen LogP contribution in [0.3, 0.4) is 0 Å². The molecule has 0 amide bonds. The third-order valence-corrected chi connectivity index (χ3v) is 15.3. The van der Waals surface area contributed by atoms with Gasteiger partial charge in [-0.05, 0) is 117 Å². The second kappa shape index (κ2) is 15.2. The lowest BCUT2D eigenvalue weighted by atomic mass is 9.44. The van der Waals surface area contributed by atoms with Crippen LogP contribution in [0, 0.1) is 46.3 Å². The SMILES string of the molecule is C[C@@H](CCC1CC2C(CC3C4CCC5CC(O[C@@H]6OC(CO)[C@H](O)C(O)C6O)CCC5(C)C4CCC23C)O1)CO[C@@H]1OC(CO)[C@H](O)C(O)C1O. The van der Waals surface area contributed by atoms with E-state index in [1.807, 2.05) is 0 Å². The summed E-state index contributed by atoms with van der Waals surface area (Å²) in [5.74, 6) is 3.29. The first-order valence-corrected chi connectivity index (χ1v) is 19.8. The van der Waals surface area contributed by atoms with Crippen molar-refractivity contribution in [1.29, 1.82) is 0 Å². The van der Waals surface area contributed by atoms with E-state index in [2.05, 4.69) is 20.8 Å². The first-order chi connectivity index (χ1) is 24.3. The molecule has 7 aliphatic rings. The van der Waals surface area contributed by atoms with Gasteiger partial charge in [-0.15, -0.1) is 0 Å². The Hall–Kier alpha value is -0.520. The van der Waals surface area contributed by atoms with Gasteiger partial charge in [-0.1, -0.05) is 20.8 Å². The summed E-state index contributed by atoms with van der Waals surface area (Å²) >= 11 is 0. The number of hydrogen-bond acceptors (Lipinski definition) is 13. The lowest BCUT2D eigenvalue weighted by Gasteiger charge is -2.61. The fourth-order valence-corrected chi connectivity index (χ4v) is 12.2. The first-order valence-electron chi connectivity index (χ1n) is 19.8. The summed E-state index contributed by atoms with van der Waals surface area (Å²) < 4.78 is 30.0. The molecule has 0 bridgehead atoms. The number of hydrogen-bond donors (Lipinski definition) is 8. The summed E-state index contributed by atoms with van der Waals surface area (Å²) in [6, 6.07) is 0. The van der Waals surface area contributed by atoms with Crippen LogP contribution >= 0.6 is 0 Å². The van der Waals surface area contributed by atoms with Crippen LogP contribution in [0.2, 0.25) is 0 Å². The van der Waals surface area contributed by atoms with E-state index in [-0.39, 0.29) is 29.0 Å². The fourth-order valence-electron chi connectivity index (χ4n) is 12.2. The number of aliphatic hydroxyl groups is 8. The topological polar surface area (TPSA) is 208 Å². The van der Waals surface area contributed by atoms with Gasteiger partial charge >= 0.3 is 0 Å². The predicted molar refractivity (Wildman–Crippen MR) is 181 cm³/mol. The highest BCUT2D eigenvalue weighted by atomic mass is 16.7. The zero-order chi connectivity index (χ0) is 36.4. The first kappa shape index (κ1) is 38.7. The van der Waals surface area contributed by atoms with Crippen molar-refractivity contribution in [2.45, 2.75) is 171 Å². The van der Waals surface area contributed by atoms with Gasteiger partial charge in [0.2, 0.25) is 0 Å². The minimum atomic E-state index is -1.44. The van der Waals surface area contributed by atoms with Gasteiger partial charge < -0.3 is 64.5 Å². The summed E-state index contributed by atoms with van der Waals surface area (Å²) in [5.41, 5.74) is 0.513. The summed E-state index contributed by atoms with van der Waals surface area (Å²) in [7, 11) is 0. The molecule has 3 heterocycles. The van der Waals surface area contributed by atoms with Gasteiger partial charge in [0.05, 0.1) is 38.1 Å². The molecule has 0 aromatic rings. The molecule has 0 radical (unpaired) electrons. The maximum Gasteiger partial charge on any atom is 0.186 e. The van der Waals surface area contributed by atoms with Crippen LogP contribution in [-0.4, -0.2) is 140 Å². The van der Waals surface area contributed by atoms with Crippen molar-refractivity contribution in [2.24, 2.45) is 46.3 Å². The van der Waals surface area contributed by atoms with Crippen LogP contribution in [0.25, 0.3) is 0 Å². The van der Waals surface area contributed by atoms with Gasteiger partial charge in [-0.25, -0.2) is 0 Å². The van der Waals surface area contributed by atoms with Crippen molar-refractivity contribution in [1.82, 2.24) is 0 Å². The molecule has 0 aromatic heterocycles. The lowest BCUT2D eigenvalue weighted by molar-refractivity contribution is -0.316. The van der Waals surface area contributed by atoms with E-state index in [0.717, 1.165) is 51.4 Å². The molecular weight excluding hydrogens is 664 g/mol. The van der Waals surface area contributed by atoms with Crippen LogP contribution in [-0.2, 0) is 23.7 Å². The molecule has 3 saturated heterocycles. The van der Waals surface area contributed by atoms with Crippen molar-refractivity contribution >= 4 is 0 Å². The van der Waals surface area contributed by atoms with Gasteiger partial charge in [0, 0.05) is 0 Å². The Morgan fingerprint density at radius 2 is 1.31 bits per heavy atom. The van der Waals surface area contributed by atoms with E-state index in [0.29, 0.717) is 42.3 Å². The second-order valence-corrected chi connectivity index (χ2v) is 18.0. The summed E-state index contributed by atoms with van der Waals surface area (Å²) in [6.07, 6.45) is -0.410. The van der Waals surface area contributed by atoms with Crippen molar-refractivity contribution in [2.75, 3.05) is 19.8 Å². The molecule has 4 aliphatic carbocycles. The maximum absolute atomic E-state index is 10.6. The molecule has 0 spiro atoms. The average molecular weight is 729 g/mol. The van der Waals surface area contributed by atoms with Gasteiger partial charge in [-0.2, -0.15) is 0 Å². The molecule has 13 nitrogen and oxygen atoms in total. The Bertz CT molecular complexity index is 1170. The van der Waals surface area contributed by atoms with Crippen molar-refractivity contribution in [3.63, 3.8) is 0 Å². The molecule has 8 N–H and O–H groups in total. The highest BCUT2D eigenvalue weighted by Gasteiger charge is 2.64. The fraction of sp³-hybridized carbons (Fsp3) is 1.00. The highest BCUT2D eigenvalue weighted by Crippen LogP contribution is 2.69. The molecule has 51 heavy (non-hydrogen) atoms. The number of fused-ring (bicyclic) bond motifs is 7. The van der Waals surface area contributed by atoms with Gasteiger partial charge in [0.25, 0.3) is 0 Å². The Balaban J connectivity index is 0.892. The molecule has 16 unspecified atom stereocenters. The van der Waals surface area contributed by atoms with Crippen LogP contribution in [0.5, 0.6) is 0 Å². The quantitative estimate of drug-likeness (QED) is 0.147. The molecular formula is C38H64O13. The molecule has 13 heteroatoms.